The molecule has 0 fully saturated rings. The van der Waals surface area contributed by atoms with E-state index in [-0.39, 0.29) is 11.1 Å². The molecular formula is C10H10ClN3O2. The lowest BCUT2D eigenvalue weighted by molar-refractivity contribution is 0.0950. The molecule has 2 aromatic rings. The van der Waals surface area contributed by atoms with Gasteiger partial charge in [0.25, 0.3) is 5.91 Å². The van der Waals surface area contributed by atoms with E-state index in [0.29, 0.717) is 12.1 Å². The van der Waals surface area contributed by atoms with Crippen molar-refractivity contribution in [2.45, 2.75) is 13.5 Å². The van der Waals surface area contributed by atoms with E-state index in [4.69, 9.17) is 16.0 Å². The third kappa shape index (κ3) is 2.09. The van der Waals surface area contributed by atoms with Gasteiger partial charge in [0.05, 0.1) is 18.0 Å². The zero-order valence-electron chi connectivity index (χ0n) is 8.58. The number of nitrogens with zero attached hydrogens (tertiary/aromatic N) is 1. The van der Waals surface area contributed by atoms with Crippen molar-refractivity contribution in [3.63, 3.8) is 0 Å². The van der Waals surface area contributed by atoms with E-state index < -0.39 is 0 Å². The van der Waals surface area contributed by atoms with Crippen LogP contribution in [-0.2, 0) is 6.54 Å². The lowest BCUT2D eigenvalue weighted by Crippen LogP contribution is -2.22. The molecule has 0 aliphatic heterocycles. The van der Waals surface area contributed by atoms with Gasteiger partial charge >= 0.3 is 0 Å². The molecule has 0 unspecified atom stereocenters. The van der Waals surface area contributed by atoms with Gasteiger partial charge in [-0.2, -0.15) is 5.10 Å². The van der Waals surface area contributed by atoms with E-state index in [1.807, 2.05) is 6.92 Å². The van der Waals surface area contributed by atoms with Crippen LogP contribution in [0.3, 0.4) is 0 Å². The van der Waals surface area contributed by atoms with E-state index >= 15 is 0 Å². The second-order valence-electron chi connectivity index (χ2n) is 3.31. The summed E-state index contributed by atoms with van der Waals surface area (Å²) in [5, 5.41) is 9.48. The van der Waals surface area contributed by atoms with Crippen molar-refractivity contribution in [3.8, 4) is 0 Å². The Morgan fingerprint density at radius 1 is 1.69 bits per heavy atom. The number of hydrogen-bond acceptors (Lipinski definition) is 3. The van der Waals surface area contributed by atoms with Gasteiger partial charge in [-0.3, -0.25) is 9.89 Å². The number of carbonyl (C=O) groups excluding carboxylic acids is 1. The van der Waals surface area contributed by atoms with Crippen LogP contribution in [-0.4, -0.2) is 16.1 Å². The second-order valence-corrected chi connectivity index (χ2v) is 3.65. The van der Waals surface area contributed by atoms with Crippen molar-refractivity contribution >= 4 is 17.5 Å². The maximum atomic E-state index is 11.6. The van der Waals surface area contributed by atoms with Crippen molar-refractivity contribution in [1.29, 1.82) is 0 Å². The van der Waals surface area contributed by atoms with Gasteiger partial charge in [-0.15, -0.1) is 0 Å². The quantitative estimate of drug-likeness (QED) is 0.859. The number of aromatic nitrogens is 2. The summed E-state index contributed by atoms with van der Waals surface area (Å²) in [4.78, 5) is 11.6. The van der Waals surface area contributed by atoms with Crippen molar-refractivity contribution in [2.24, 2.45) is 0 Å². The summed E-state index contributed by atoms with van der Waals surface area (Å²) >= 11 is 5.68. The van der Waals surface area contributed by atoms with E-state index in [1.54, 1.807) is 6.20 Å². The molecule has 2 aromatic heterocycles. The minimum Gasteiger partial charge on any atom is -0.452 e. The summed E-state index contributed by atoms with van der Waals surface area (Å²) in [5.74, 6) is -0.264. The predicted octanol–water partition coefficient (Wildman–Crippen LogP) is 1.89. The van der Waals surface area contributed by atoms with Gasteiger partial charge in [-0.1, -0.05) is 0 Å². The molecule has 2 N–H and O–H groups in total. The van der Waals surface area contributed by atoms with E-state index in [2.05, 4.69) is 15.5 Å². The SMILES string of the molecule is Cc1[nH]ncc1CNC(=O)c1ccoc1Cl. The third-order valence-electron chi connectivity index (χ3n) is 2.24. The molecule has 0 aliphatic rings. The van der Waals surface area contributed by atoms with Crippen LogP contribution >= 0.6 is 11.6 Å². The van der Waals surface area contributed by atoms with Gasteiger partial charge in [0, 0.05) is 17.8 Å². The third-order valence-corrected chi connectivity index (χ3v) is 2.53. The van der Waals surface area contributed by atoms with Gasteiger partial charge in [-0.25, -0.2) is 0 Å². The number of nitrogens with one attached hydrogen (secondary N) is 2. The smallest absolute Gasteiger partial charge is 0.256 e. The lowest BCUT2D eigenvalue weighted by Gasteiger charge is -2.02. The zero-order valence-corrected chi connectivity index (χ0v) is 9.34. The summed E-state index contributed by atoms with van der Waals surface area (Å²) < 4.78 is 4.83. The number of halogens is 1. The van der Waals surface area contributed by atoms with Crippen LogP contribution < -0.4 is 5.32 Å². The number of rotatable bonds is 3. The summed E-state index contributed by atoms with van der Waals surface area (Å²) in [6.45, 7) is 2.29. The number of amides is 1. The Balaban J connectivity index is 1.99. The Bertz CT molecular complexity index is 504. The maximum absolute atomic E-state index is 11.6. The monoisotopic (exact) mass is 239 g/mol. The molecule has 1 amide bonds. The normalized spacial score (nSPS) is 10.4. The average Bonchev–Trinajstić information content (AvgIpc) is 2.84. The van der Waals surface area contributed by atoms with Gasteiger partial charge < -0.3 is 9.73 Å². The number of aromatic amines is 1. The Hall–Kier alpha value is -1.75. The molecule has 5 nitrogen and oxygen atoms in total. The lowest BCUT2D eigenvalue weighted by atomic mass is 10.2. The maximum Gasteiger partial charge on any atom is 0.256 e. The zero-order chi connectivity index (χ0) is 11.5. The minimum absolute atomic E-state index is 0.0985. The Kier molecular flexibility index (Phi) is 2.96. The van der Waals surface area contributed by atoms with Gasteiger partial charge in [-0.05, 0) is 24.6 Å². The van der Waals surface area contributed by atoms with Crippen LogP contribution in [0.4, 0.5) is 0 Å². The topological polar surface area (TPSA) is 70.9 Å². The molecule has 2 rings (SSSR count). The molecule has 0 radical (unpaired) electrons. The standard InChI is InChI=1S/C10H10ClN3O2/c1-6-7(5-13-14-6)4-12-10(15)8-2-3-16-9(8)11/h2-3,5H,4H2,1H3,(H,12,15)(H,13,14). The van der Waals surface area contributed by atoms with Crippen LogP contribution in [0.1, 0.15) is 21.6 Å². The van der Waals surface area contributed by atoms with Crippen molar-refractivity contribution in [2.75, 3.05) is 0 Å². The van der Waals surface area contributed by atoms with Crippen LogP contribution in [0.15, 0.2) is 22.9 Å². The number of hydrogen-bond donors (Lipinski definition) is 2. The van der Waals surface area contributed by atoms with E-state index in [0.717, 1.165) is 11.3 Å². The van der Waals surface area contributed by atoms with E-state index in [9.17, 15) is 4.79 Å². The molecule has 0 bridgehead atoms. The van der Waals surface area contributed by atoms with Gasteiger partial charge in [0.1, 0.15) is 0 Å². The molecule has 0 saturated heterocycles. The van der Waals surface area contributed by atoms with E-state index in [1.165, 1.54) is 12.3 Å². The second kappa shape index (κ2) is 4.40. The average molecular weight is 240 g/mol. The first-order valence-corrected chi connectivity index (χ1v) is 5.06. The molecule has 0 saturated carbocycles. The fourth-order valence-electron chi connectivity index (χ4n) is 1.28. The first-order chi connectivity index (χ1) is 7.68. The van der Waals surface area contributed by atoms with Gasteiger partial charge in [0.2, 0.25) is 5.22 Å². The minimum atomic E-state index is -0.264. The largest absolute Gasteiger partial charge is 0.452 e. The highest BCUT2D eigenvalue weighted by molar-refractivity contribution is 6.32. The summed E-state index contributed by atoms with van der Waals surface area (Å²) in [7, 11) is 0. The first-order valence-electron chi connectivity index (χ1n) is 4.68. The van der Waals surface area contributed by atoms with Crippen LogP contribution in [0.2, 0.25) is 5.22 Å². The Morgan fingerprint density at radius 2 is 2.50 bits per heavy atom. The predicted molar refractivity (Wildman–Crippen MR) is 58.2 cm³/mol. The van der Waals surface area contributed by atoms with Crippen LogP contribution in [0.25, 0.3) is 0 Å². The highest BCUT2D eigenvalue weighted by atomic mass is 35.5. The Labute approximate surface area is 96.8 Å². The molecule has 16 heavy (non-hydrogen) atoms. The molecule has 0 atom stereocenters. The molecule has 0 spiro atoms. The van der Waals surface area contributed by atoms with Crippen molar-refractivity contribution in [1.82, 2.24) is 15.5 Å². The van der Waals surface area contributed by atoms with Crippen LogP contribution in [0.5, 0.6) is 0 Å². The highest BCUT2D eigenvalue weighted by Gasteiger charge is 2.12. The molecule has 2 heterocycles. The summed E-state index contributed by atoms with van der Waals surface area (Å²) in [6.07, 6.45) is 3.05. The number of carbonyl (C=O) groups is 1. The highest BCUT2D eigenvalue weighted by Crippen LogP contribution is 2.16. The Morgan fingerprint density at radius 3 is 3.06 bits per heavy atom. The van der Waals surface area contributed by atoms with Gasteiger partial charge in [0.15, 0.2) is 0 Å². The van der Waals surface area contributed by atoms with Crippen molar-refractivity contribution in [3.05, 3.63) is 40.6 Å². The van der Waals surface area contributed by atoms with Crippen LogP contribution in [0, 0.1) is 6.92 Å². The fourth-order valence-corrected chi connectivity index (χ4v) is 1.48. The number of H-pyrrole nitrogens is 1. The molecule has 0 aromatic carbocycles. The number of furan rings is 1. The first kappa shape index (κ1) is 10.8. The molecular weight excluding hydrogens is 230 g/mol. The molecule has 84 valence electrons. The number of aryl methyl sites for hydroxylation is 1. The summed E-state index contributed by atoms with van der Waals surface area (Å²) in [6, 6.07) is 1.53. The van der Waals surface area contributed by atoms with Crippen molar-refractivity contribution < 1.29 is 9.21 Å². The summed E-state index contributed by atoms with van der Waals surface area (Å²) in [5.41, 5.74) is 2.20. The fraction of sp³-hybridized carbons (Fsp3) is 0.200. The molecule has 6 heteroatoms. The molecule has 0 aliphatic carbocycles.